The first-order valence-electron chi connectivity index (χ1n) is 8.93. The smallest absolute Gasteiger partial charge is 0.323 e. The fourth-order valence-electron chi connectivity index (χ4n) is 3.01. The average molecular weight is 389 g/mol. The Balaban J connectivity index is 0.00000261. The predicted octanol–water partition coefficient (Wildman–Crippen LogP) is 4.08. The Hall–Kier alpha value is -2.57. The third kappa shape index (κ3) is 6.92. The molecule has 0 bridgehead atoms. The molecule has 0 spiro atoms. The summed E-state index contributed by atoms with van der Waals surface area (Å²) in [5, 5.41) is 11.7. The third-order valence-corrected chi connectivity index (χ3v) is 4.38. The van der Waals surface area contributed by atoms with Gasteiger partial charge >= 0.3 is 6.03 Å². The van der Waals surface area contributed by atoms with Crippen molar-refractivity contribution < 1.29 is 9.59 Å². The fraction of sp³-hybridized carbons (Fsp3) is 0.300. The van der Waals surface area contributed by atoms with Gasteiger partial charge in [-0.1, -0.05) is 24.3 Å². The van der Waals surface area contributed by atoms with Gasteiger partial charge in [-0.15, -0.1) is 12.4 Å². The van der Waals surface area contributed by atoms with Crippen molar-refractivity contribution >= 4 is 41.4 Å². The molecule has 4 N–H and O–H groups in total. The second kappa shape index (κ2) is 10.5. The second-order valence-electron chi connectivity index (χ2n) is 6.47. The number of halogens is 1. The van der Waals surface area contributed by atoms with Crippen LogP contribution in [0.5, 0.6) is 0 Å². The SMILES string of the molecule is Cl.O=C(CCC1CCNC1)Nc1cccc(NC(=O)Nc2ccccc2)c1. The van der Waals surface area contributed by atoms with E-state index in [0.29, 0.717) is 23.7 Å². The summed E-state index contributed by atoms with van der Waals surface area (Å²) >= 11 is 0. The highest BCUT2D eigenvalue weighted by molar-refractivity contribution is 6.00. The van der Waals surface area contributed by atoms with Crippen molar-refractivity contribution in [2.75, 3.05) is 29.0 Å². The highest BCUT2D eigenvalue weighted by atomic mass is 35.5. The van der Waals surface area contributed by atoms with Gasteiger partial charge in [-0.3, -0.25) is 4.79 Å². The van der Waals surface area contributed by atoms with E-state index in [2.05, 4.69) is 21.3 Å². The van der Waals surface area contributed by atoms with Gasteiger partial charge in [0, 0.05) is 23.5 Å². The molecular weight excluding hydrogens is 364 g/mol. The van der Waals surface area contributed by atoms with E-state index in [1.54, 1.807) is 18.2 Å². The van der Waals surface area contributed by atoms with Gasteiger partial charge in [-0.2, -0.15) is 0 Å². The Morgan fingerprint density at radius 3 is 2.30 bits per heavy atom. The van der Waals surface area contributed by atoms with Crippen LogP contribution in [0.2, 0.25) is 0 Å². The Morgan fingerprint density at radius 1 is 0.926 bits per heavy atom. The fourth-order valence-corrected chi connectivity index (χ4v) is 3.01. The number of anilines is 3. The maximum Gasteiger partial charge on any atom is 0.323 e. The van der Waals surface area contributed by atoms with Crippen LogP contribution in [0.15, 0.2) is 54.6 Å². The molecular formula is C20H25ClN4O2. The van der Waals surface area contributed by atoms with Crippen LogP contribution in [0.4, 0.5) is 21.9 Å². The van der Waals surface area contributed by atoms with Crippen molar-refractivity contribution in [2.24, 2.45) is 5.92 Å². The lowest BCUT2D eigenvalue weighted by Crippen LogP contribution is -2.19. The van der Waals surface area contributed by atoms with Crippen LogP contribution >= 0.6 is 12.4 Å². The minimum absolute atomic E-state index is 0. The van der Waals surface area contributed by atoms with Gasteiger partial charge in [0.25, 0.3) is 0 Å². The van der Waals surface area contributed by atoms with E-state index in [0.717, 1.165) is 31.6 Å². The van der Waals surface area contributed by atoms with Crippen molar-refractivity contribution in [2.45, 2.75) is 19.3 Å². The van der Waals surface area contributed by atoms with E-state index < -0.39 is 0 Å². The summed E-state index contributed by atoms with van der Waals surface area (Å²) in [6, 6.07) is 16.0. The molecule has 6 nitrogen and oxygen atoms in total. The van der Waals surface area contributed by atoms with E-state index in [1.165, 1.54) is 0 Å². The molecule has 27 heavy (non-hydrogen) atoms. The number of carbonyl (C=O) groups is 2. The van der Waals surface area contributed by atoms with Crippen molar-refractivity contribution in [3.8, 4) is 0 Å². The number of hydrogen-bond donors (Lipinski definition) is 4. The molecule has 0 saturated carbocycles. The number of urea groups is 1. The van der Waals surface area contributed by atoms with E-state index in [9.17, 15) is 9.59 Å². The second-order valence-corrected chi connectivity index (χ2v) is 6.47. The topological polar surface area (TPSA) is 82.3 Å². The first-order chi connectivity index (χ1) is 12.7. The number of amides is 3. The number of hydrogen-bond acceptors (Lipinski definition) is 3. The minimum atomic E-state index is -0.326. The van der Waals surface area contributed by atoms with Crippen molar-refractivity contribution in [3.63, 3.8) is 0 Å². The van der Waals surface area contributed by atoms with Gasteiger partial charge in [-0.25, -0.2) is 4.79 Å². The first-order valence-corrected chi connectivity index (χ1v) is 8.93. The average Bonchev–Trinajstić information content (AvgIpc) is 3.14. The maximum atomic E-state index is 12.1. The van der Waals surface area contributed by atoms with Gasteiger partial charge < -0.3 is 21.3 Å². The molecule has 144 valence electrons. The summed E-state index contributed by atoms with van der Waals surface area (Å²) in [5.41, 5.74) is 2.02. The number of nitrogens with one attached hydrogen (secondary N) is 4. The van der Waals surface area contributed by atoms with E-state index in [1.807, 2.05) is 36.4 Å². The summed E-state index contributed by atoms with van der Waals surface area (Å²) in [4.78, 5) is 24.2. The predicted molar refractivity (Wildman–Crippen MR) is 112 cm³/mol. The summed E-state index contributed by atoms with van der Waals surface area (Å²) in [6.07, 6.45) is 2.55. The molecule has 1 saturated heterocycles. The summed E-state index contributed by atoms with van der Waals surface area (Å²) in [7, 11) is 0. The van der Waals surface area contributed by atoms with E-state index in [-0.39, 0.29) is 24.3 Å². The minimum Gasteiger partial charge on any atom is -0.326 e. The molecule has 1 atom stereocenters. The van der Waals surface area contributed by atoms with Crippen LogP contribution in [0.1, 0.15) is 19.3 Å². The third-order valence-electron chi connectivity index (χ3n) is 4.38. The summed E-state index contributed by atoms with van der Waals surface area (Å²) in [6.45, 7) is 2.05. The molecule has 0 aliphatic carbocycles. The largest absolute Gasteiger partial charge is 0.326 e. The van der Waals surface area contributed by atoms with E-state index >= 15 is 0 Å². The zero-order valence-electron chi connectivity index (χ0n) is 15.0. The number of para-hydroxylation sites is 1. The number of benzene rings is 2. The molecule has 1 fully saturated rings. The zero-order chi connectivity index (χ0) is 18.2. The van der Waals surface area contributed by atoms with Gasteiger partial charge in [0.15, 0.2) is 0 Å². The molecule has 1 heterocycles. The van der Waals surface area contributed by atoms with Crippen LogP contribution < -0.4 is 21.3 Å². The van der Waals surface area contributed by atoms with E-state index in [4.69, 9.17) is 0 Å². The number of carbonyl (C=O) groups excluding carboxylic acids is 2. The van der Waals surface area contributed by atoms with Crippen LogP contribution in [0.3, 0.4) is 0 Å². The molecule has 2 aromatic carbocycles. The van der Waals surface area contributed by atoms with Crippen LogP contribution in [-0.2, 0) is 4.79 Å². The monoisotopic (exact) mass is 388 g/mol. The molecule has 1 unspecified atom stereocenters. The molecule has 0 radical (unpaired) electrons. The van der Waals surface area contributed by atoms with Crippen LogP contribution in [0, 0.1) is 5.92 Å². The normalized spacial score (nSPS) is 15.5. The summed E-state index contributed by atoms with van der Waals surface area (Å²) < 4.78 is 0. The molecule has 3 amide bonds. The zero-order valence-corrected chi connectivity index (χ0v) is 15.9. The van der Waals surface area contributed by atoms with Gasteiger partial charge in [0.2, 0.25) is 5.91 Å². The number of rotatable bonds is 6. The molecule has 1 aliphatic heterocycles. The lowest BCUT2D eigenvalue weighted by atomic mass is 10.0. The van der Waals surface area contributed by atoms with Gasteiger partial charge in [0.1, 0.15) is 0 Å². The van der Waals surface area contributed by atoms with Gasteiger partial charge in [-0.05, 0) is 62.2 Å². The Kier molecular flexibility index (Phi) is 8.10. The Bertz CT molecular complexity index is 749. The van der Waals surface area contributed by atoms with Gasteiger partial charge in [0.05, 0.1) is 0 Å². The molecule has 2 aromatic rings. The quantitative estimate of drug-likeness (QED) is 0.601. The molecule has 1 aliphatic rings. The lowest BCUT2D eigenvalue weighted by molar-refractivity contribution is -0.116. The van der Waals surface area contributed by atoms with Crippen molar-refractivity contribution in [1.29, 1.82) is 0 Å². The Morgan fingerprint density at radius 2 is 1.59 bits per heavy atom. The first kappa shape index (κ1) is 20.7. The summed E-state index contributed by atoms with van der Waals surface area (Å²) in [5.74, 6) is 0.596. The highest BCUT2D eigenvalue weighted by Crippen LogP contribution is 2.18. The molecule has 3 rings (SSSR count). The van der Waals surface area contributed by atoms with Crippen LogP contribution in [0.25, 0.3) is 0 Å². The van der Waals surface area contributed by atoms with Crippen molar-refractivity contribution in [3.05, 3.63) is 54.6 Å². The van der Waals surface area contributed by atoms with Crippen molar-refractivity contribution in [1.82, 2.24) is 5.32 Å². The van der Waals surface area contributed by atoms with Crippen LogP contribution in [-0.4, -0.2) is 25.0 Å². The molecule has 0 aromatic heterocycles. The highest BCUT2D eigenvalue weighted by Gasteiger charge is 2.15. The Labute approximate surface area is 165 Å². The lowest BCUT2D eigenvalue weighted by Gasteiger charge is -2.11. The maximum absolute atomic E-state index is 12.1. The molecule has 7 heteroatoms. The standard InChI is InChI=1S/C20H24N4O2.ClH/c25-19(10-9-15-11-12-21-14-15)22-17-7-4-8-18(13-17)24-20(26)23-16-5-2-1-3-6-16;/h1-8,13,15,21H,9-12,14H2,(H,22,25)(H2,23,24,26);1H.